The number of aliphatic carboxylic acids is 1. The molecular formula is C14H29NO2. The van der Waals surface area contributed by atoms with E-state index in [4.69, 9.17) is 0 Å². The van der Waals surface area contributed by atoms with Crippen LogP contribution in [0.3, 0.4) is 0 Å². The van der Waals surface area contributed by atoms with Gasteiger partial charge in [0.1, 0.15) is 5.54 Å². The molecule has 0 aromatic carbocycles. The van der Waals surface area contributed by atoms with Gasteiger partial charge in [0.25, 0.3) is 0 Å². The number of carbonyl (C=O) groups is 1. The van der Waals surface area contributed by atoms with Crippen LogP contribution in [-0.2, 0) is 4.79 Å². The Balaban J connectivity index is 4.82. The Morgan fingerprint density at radius 3 is 1.94 bits per heavy atom. The van der Waals surface area contributed by atoms with Crippen molar-refractivity contribution < 1.29 is 9.90 Å². The van der Waals surface area contributed by atoms with Crippen molar-refractivity contribution in [2.75, 3.05) is 0 Å². The molecule has 0 rings (SSSR count). The van der Waals surface area contributed by atoms with E-state index in [9.17, 15) is 9.90 Å². The van der Waals surface area contributed by atoms with Gasteiger partial charge >= 0.3 is 5.97 Å². The van der Waals surface area contributed by atoms with Crippen LogP contribution in [0.1, 0.15) is 66.7 Å². The molecule has 0 bridgehead atoms. The Labute approximate surface area is 106 Å². The molecule has 0 radical (unpaired) electrons. The molecule has 0 aliphatic rings. The van der Waals surface area contributed by atoms with Gasteiger partial charge in [-0.25, -0.2) is 0 Å². The van der Waals surface area contributed by atoms with Crippen molar-refractivity contribution in [1.29, 1.82) is 0 Å². The fourth-order valence-electron chi connectivity index (χ4n) is 2.33. The SMILES string of the molecule is CCCC(CCC)(NC(C)C(C)CC)C(=O)O. The number of rotatable bonds is 9. The summed E-state index contributed by atoms with van der Waals surface area (Å²) in [4.78, 5) is 11.6. The van der Waals surface area contributed by atoms with Crippen molar-refractivity contribution in [3.8, 4) is 0 Å². The smallest absolute Gasteiger partial charge is 0.323 e. The topological polar surface area (TPSA) is 49.3 Å². The van der Waals surface area contributed by atoms with Gasteiger partial charge in [0.05, 0.1) is 0 Å². The third kappa shape index (κ3) is 4.66. The van der Waals surface area contributed by atoms with E-state index >= 15 is 0 Å². The molecule has 0 amide bonds. The maximum Gasteiger partial charge on any atom is 0.323 e. The molecule has 3 heteroatoms. The molecule has 0 fully saturated rings. The molecule has 3 nitrogen and oxygen atoms in total. The van der Waals surface area contributed by atoms with E-state index in [0.717, 1.165) is 19.3 Å². The largest absolute Gasteiger partial charge is 0.480 e. The van der Waals surface area contributed by atoms with E-state index in [-0.39, 0.29) is 6.04 Å². The summed E-state index contributed by atoms with van der Waals surface area (Å²) in [5.74, 6) is -0.196. The highest BCUT2D eigenvalue weighted by molar-refractivity contribution is 5.78. The van der Waals surface area contributed by atoms with E-state index in [2.05, 4.69) is 26.1 Å². The lowest BCUT2D eigenvalue weighted by atomic mass is 9.86. The zero-order valence-corrected chi connectivity index (χ0v) is 12.0. The molecule has 0 saturated carbocycles. The fourth-order valence-corrected chi connectivity index (χ4v) is 2.33. The number of carboxylic acids is 1. The standard InChI is InChI=1S/C14H29NO2/c1-6-9-14(10-7-2,13(16)17)15-12(5)11(4)8-3/h11-12,15H,6-10H2,1-5H3,(H,16,17). The normalized spacial score (nSPS) is 15.6. The molecule has 0 aromatic heterocycles. The minimum absolute atomic E-state index is 0.245. The van der Waals surface area contributed by atoms with Crippen molar-refractivity contribution in [3.05, 3.63) is 0 Å². The van der Waals surface area contributed by atoms with Crippen LogP contribution in [-0.4, -0.2) is 22.7 Å². The first-order chi connectivity index (χ1) is 7.93. The lowest BCUT2D eigenvalue weighted by Gasteiger charge is -2.35. The second-order valence-electron chi connectivity index (χ2n) is 5.21. The van der Waals surface area contributed by atoms with Gasteiger partial charge in [0.2, 0.25) is 0 Å². The van der Waals surface area contributed by atoms with Gasteiger partial charge in [-0.2, -0.15) is 0 Å². The first-order valence-electron chi connectivity index (χ1n) is 6.94. The molecular weight excluding hydrogens is 214 g/mol. The van der Waals surface area contributed by atoms with Crippen molar-refractivity contribution >= 4 is 5.97 Å². The van der Waals surface area contributed by atoms with Crippen LogP contribution in [0, 0.1) is 5.92 Å². The molecule has 2 atom stereocenters. The quantitative estimate of drug-likeness (QED) is 0.652. The number of hydrogen-bond acceptors (Lipinski definition) is 2. The van der Waals surface area contributed by atoms with Crippen molar-refractivity contribution in [1.82, 2.24) is 5.32 Å². The van der Waals surface area contributed by atoms with E-state index in [1.165, 1.54) is 0 Å². The lowest BCUT2D eigenvalue weighted by molar-refractivity contribution is -0.146. The second-order valence-corrected chi connectivity index (χ2v) is 5.21. The molecule has 17 heavy (non-hydrogen) atoms. The summed E-state index contributed by atoms with van der Waals surface area (Å²) in [6.45, 7) is 10.5. The molecule has 0 aliphatic heterocycles. The van der Waals surface area contributed by atoms with Gasteiger partial charge in [-0.3, -0.25) is 10.1 Å². The van der Waals surface area contributed by atoms with Crippen LogP contribution in [0.4, 0.5) is 0 Å². The Kier molecular flexibility index (Phi) is 7.44. The zero-order valence-electron chi connectivity index (χ0n) is 12.0. The maximum atomic E-state index is 11.6. The summed E-state index contributed by atoms with van der Waals surface area (Å²) in [5.41, 5.74) is -0.730. The highest BCUT2D eigenvalue weighted by Gasteiger charge is 2.38. The molecule has 102 valence electrons. The van der Waals surface area contributed by atoms with Crippen LogP contribution >= 0.6 is 0 Å². The van der Waals surface area contributed by atoms with Gasteiger partial charge in [-0.15, -0.1) is 0 Å². The minimum Gasteiger partial charge on any atom is -0.480 e. The molecule has 0 aromatic rings. The molecule has 0 heterocycles. The van der Waals surface area contributed by atoms with E-state index < -0.39 is 11.5 Å². The molecule has 0 saturated heterocycles. The van der Waals surface area contributed by atoms with Gasteiger partial charge in [-0.05, 0) is 25.7 Å². The number of nitrogens with one attached hydrogen (secondary N) is 1. The Bertz CT molecular complexity index is 222. The average molecular weight is 243 g/mol. The maximum absolute atomic E-state index is 11.6. The van der Waals surface area contributed by atoms with Gasteiger partial charge in [0, 0.05) is 6.04 Å². The lowest BCUT2D eigenvalue weighted by Crippen LogP contribution is -2.56. The summed E-state index contributed by atoms with van der Waals surface area (Å²) in [7, 11) is 0. The van der Waals surface area contributed by atoms with Gasteiger partial charge < -0.3 is 5.11 Å². The zero-order chi connectivity index (χ0) is 13.5. The molecule has 2 N–H and O–H groups in total. The molecule has 2 unspecified atom stereocenters. The first-order valence-corrected chi connectivity index (χ1v) is 6.94. The fraction of sp³-hybridized carbons (Fsp3) is 0.929. The third-order valence-corrected chi connectivity index (χ3v) is 3.76. The van der Waals surface area contributed by atoms with Crippen LogP contribution in [0.2, 0.25) is 0 Å². The third-order valence-electron chi connectivity index (χ3n) is 3.76. The van der Waals surface area contributed by atoms with Gasteiger partial charge in [-0.1, -0.05) is 47.0 Å². The van der Waals surface area contributed by atoms with Crippen LogP contribution in [0.15, 0.2) is 0 Å². The van der Waals surface area contributed by atoms with Gasteiger partial charge in [0.15, 0.2) is 0 Å². The van der Waals surface area contributed by atoms with Crippen LogP contribution in [0.5, 0.6) is 0 Å². The summed E-state index contributed by atoms with van der Waals surface area (Å²) in [6.07, 6.45) is 4.27. The summed E-state index contributed by atoms with van der Waals surface area (Å²) < 4.78 is 0. The van der Waals surface area contributed by atoms with E-state index in [0.29, 0.717) is 18.8 Å². The van der Waals surface area contributed by atoms with Crippen LogP contribution < -0.4 is 5.32 Å². The van der Waals surface area contributed by atoms with Crippen molar-refractivity contribution in [3.63, 3.8) is 0 Å². The first kappa shape index (κ1) is 16.4. The summed E-state index contributed by atoms with van der Waals surface area (Å²) in [6, 6.07) is 0.245. The summed E-state index contributed by atoms with van der Waals surface area (Å²) in [5, 5.41) is 12.9. The Morgan fingerprint density at radius 1 is 1.18 bits per heavy atom. The number of hydrogen-bond donors (Lipinski definition) is 2. The Morgan fingerprint density at radius 2 is 1.65 bits per heavy atom. The van der Waals surface area contributed by atoms with E-state index in [1.807, 2.05) is 13.8 Å². The number of carboxylic acid groups (broad SMARTS) is 1. The van der Waals surface area contributed by atoms with Crippen molar-refractivity contribution in [2.24, 2.45) is 5.92 Å². The Hall–Kier alpha value is -0.570. The summed E-state index contributed by atoms with van der Waals surface area (Å²) >= 11 is 0. The van der Waals surface area contributed by atoms with Crippen LogP contribution in [0.25, 0.3) is 0 Å². The highest BCUT2D eigenvalue weighted by atomic mass is 16.4. The molecule has 0 spiro atoms. The predicted octanol–water partition coefficient (Wildman–Crippen LogP) is 3.43. The average Bonchev–Trinajstić information content (AvgIpc) is 2.28. The highest BCUT2D eigenvalue weighted by Crippen LogP contribution is 2.23. The monoisotopic (exact) mass is 243 g/mol. The van der Waals surface area contributed by atoms with E-state index in [1.54, 1.807) is 0 Å². The minimum atomic E-state index is -0.730. The van der Waals surface area contributed by atoms with Crippen molar-refractivity contribution in [2.45, 2.75) is 78.3 Å². The second kappa shape index (κ2) is 7.70. The molecule has 0 aliphatic carbocycles. The predicted molar refractivity (Wildman–Crippen MR) is 72.2 cm³/mol.